The molecule has 1 saturated heterocycles. The molecule has 2 aromatic carbocycles. The third-order valence-electron chi connectivity index (χ3n) is 5.51. The lowest BCUT2D eigenvalue weighted by Gasteiger charge is -2.36. The van der Waals surface area contributed by atoms with Crippen molar-refractivity contribution in [2.75, 3.05) is 51.3 Å². The summed E-state index contributed by atoms with van der Waals surface area (Å²) in [4.78, 5) is 5.00. The second-order valence-electron chi connectivity index (χ2n) is 7.50. The highest BCUT2D eigenvalue weighted by atomic mass is 32.2. The van der Waals surface area contributed by atoms with E-state index in [1.54, 1.807) is 12.1 Å². The summed E-state index contributed by atoms with van der Waals surface area (Å²) >= 11 is 0. The minimum absolute atomic E-state index is 0.208. The molecule has 3 rings (SSSR count). The van der Waals surface area contributed by atoms with Crippen LogP contribution in [0.25, 0.3) is 0 Å². The van der Waals surface area contributed by atoms with Gasteiger partial charge in [-0.1, -0.05) is 18.2 Å². The van der Waals surface area contributed by atoms with Gasteiger partial charge >= 0.3 is 0 Å². The average molecular weight is 418 g/mol. The van der Waals surface area contributed by atoms with E-state index >= 15 is 0 Å². The van der Waals surface area contributed by atoms with Gasteiger partial charge in [0, 0.05) is 38.4 Å². The Kier molecular flexibility index (Phi) is 7.16. The highest BCUT2D eigenvalue weighted by Gasteiger charge is 2.21. The van der Waals surface area contributed by atoms with Crippen LogP contribution in [-0.2, 0) is 10.0 Å². The lowest BCUT2D eigenvalue weighted by molar-refractivity contribution is 0.255. The summed E-state index contributed by atoms with van der Waals surface area (Å²) in [6, 6.07) is 13.9. The number of ether oxygens (including phenoxy) is 1. The molecule has 1 aliphatic rings. The Hall–Kier alpha value is -2.09. The molecule has 2 aromatic rings. The molecule has 0 radical (unpaired) electrons. The first-order chi connectivity index (χ1) is 13.9. The Morgan fingerprint density at radius 3 is 2.31 bits per heavy atom. The molecule has 1 aliphatic heterocycles. The summed E-state index contributed by atoms with van der Waals surface area (Å²) in [7, 11) is -2.09. The summed E-state index contributed by atoms with van der Waals surface area (Å²) in [6.07, 6.45) is 0.776. The number of nitrogens with zero attached hydrogens (tertiary/aromatic N) is 2. The van der Waals surface area contributed by atoms with Gasteiger partial charge in [-0.3, -0.25) is 4.90 Å². The van der Waals surface area contributed by atoms with Gasteiger partial charge < -0.3 is 9.64 Å². The van der Waals surface area contributed by atoms with Crippen LogP contribution in [0, 0.1) is 13.8 Å². The van der Waals surface area contributed by atoms with Crippen LogP contribution in [0.5, 0.6) is 5.75 Å². The van der Waals surface area contributed by atoms with Crippen molar-refractivity contribution in [2.24, 2.45) is 0 Å². The predicted molar refractivity (Wildman–Crippen MR) is 117 cm³/mol. The molecule has 7 heteroatoms. The quantitative estimate of drug-likeness (QED) is 0.669. The van der Waals surface area contributed by atoms with Gasteiger partial charge in [0.25, 0.3) is 0 Å². The fourth-order valence-electron chi connectivity index (χ4n) is 3.59. The first kappa shape index (κ1) is 21.6. The minimum Gasteiger partial charge on any atom is -0.495 e. The molecule has 29 heavy (non-hydrogen) atoms. The van der Waals surface area contributed by atoms with E-state index in [2.05, 4.69) is 38.8 Å². The molecule has 0 aliphatic carbocycles. The standard InChI is InChI=1S/C22H31N3O3S/c1-18-16-21(28-3)22(17-19(18)2)29(26,27)23-10-7-11-24-12-14-25(15-13-24)20-8-5-4-6-9-20/h4-6,8-9,16-17,23H,7,10-15H2,1-3H3. The molecule has 0 saturated carbocycles. The highest BCUT2D eigenvalue weighted by molar-refractivity contribution is 7.89. The summed E-state index contributed by atoms with van der Waals surface area (Å²) in [5.74, 6) is 0.387. The van der Waals surface area contributed by atoms with Crippen molar-refractivity contribution in [3.05, 3.63) is 53.6 Å². The zero-order chi connectivity index (χ0) is 20.9. The Morgan fingerprint density at radius 1 is 1.00 bits per heavy atom. The van der Waals surface area contributed by atoms with Crippen molar-refractivity contribution in [1.82, 2.24) is 9.62 Å². The lowest BCUT2D eigenvalue weighted by atomic mass is 10.1. The zero-order valence-corrected chi connectivity index (χ0v) is 18.3. The third-order valence-corrected chi connectivity index (χ3v) is 6.99. The van der Waals surface area contributed by atoms with Gasteiger partial charge in [0.05, 0.1) is 7.11 Å². The molecular weight excluding hydrogens is 386 g/mol. The molecule has 6 nitrogen and oxygen atoms in total. The first-order valence-electron chi connectivity index (χ1n) is 10.1. The Morgan fingerprint density at radius 2 is 1.66 bits per heavy atom. The highest BCUT2D eigenvalue weighted by Crippen LogP contribution is 2.27. The Balaban J connectivity index is 1.47. The molecular formula is C22H31N3O3S. The number of hydrogen-bond acceptors (Lipinski definition) is 5. The molecule has 158 valence electrons. The largest absolute Gasteiger partial charge is 0.495 e. The van der Waals surface area contributed by atoms with Crippen molar-refractivity contribution < 1.29 is 13.2 Å². The topological polar surface area (TPSA) is 61.9 Å². The number of anilines is 1. The van der Waals surface area contributed by atoms with Crippen molar-refractivity contribution in [3.63, 3.8) is 0 Å². The summed E-state index contributed by atoms with van der Waals surface area (Å²) in [5, 5.41) is 0. The number of para-hydroxylation sites is 1. The van der Waals surface area contributed by atoms with Crippen LogP contribution in [0.1, 0.15) is 17.5 Å². The smallest absolute Gasteiger partial charge is 0.244 e. The first-order valence-corrected chi connectivity index (χ1v) is 11.6. The molecule has 1 N–H and O–H groups in total. The van der Waals surface area contributed by atoms with Gasteiger partial charge in [0.2, 0.25) is 10.0 Å². The monoisotopic (exact) mass is 417 g/mol. The number of piperazine rings is 1. The summed E-state index contributed by atoms with van der Waals surface area (Å²) in [6.45, 7) is 9.12. The fraction of sp³-hybridized carbons (Fsp3) is 0.455. The van der Waals surface area contributed by atoms with Crippen LogP contribution < -0.4 is 14.4 Å². The number of nitrogens with one attached hydrogen (secondary N) is 1. The Bertz CT molecular complexity index is 908. The molecule has 0 unspecified atom stereocenters. The van der Waals surface area contributed by atoms with E-state index in [4.69, 9.17) is 4.74 Å². The van der Waals surface area contributed by atoms with E-state index in [0.717, 1.165) is 50.3 Å². The predicted octanol–water partition coefficient (Wildman–Crippen LogP) is 2.80. The zero-order valence-electron chi connectivity index (χ0n) is 17.5. The number of sulfonamides is 1. The van der Waals surface area contributed by atoms with Crippen LogP contribution in [-0.4, -0.2) is 59.7 Å². The lowest BCUT2D eigenvalue weighted by Crippen LogP contribution is -2.47. The van der Waals surface area contributed by atoms with E-state index in [0.29, 0.717) is 12.3 Å². The summed E-state index contributed by atoms with van der Waals surface area (Å²) < 4.78 is 33.4. The van der Waals surface area contributed by atoms with E-state index in [-0.39, 0.29) is 4.90 Å². The normalized spacial score (nSPS) is 15.5. The number of methoxy groups -OCH3 is 1. The van der Waals surface area contributed by atoms with Gasteiger partial charge in [-0.15, -0.1) is 0 Å². The van der Waals surface area contributed by atoms with E-state index in [1.807, 2.05) is 19.9 Å². The average Bonchev–Trinajstić information content (AvgIpc) is 2.74. The van der Waals surface area contributed by atoms with Crippen LogP contribution in [0.15, 0.2) is 47.4 Å². The van der Waals surface area contributed by atoms with E-state index < -0.39 is 10.0 Å². The van der Waals surface area contributed by atoms with Gasteiger partial charge in [-0.2, -0.15) is 0 Å². The SMILES string of the molecule is COc1cc(C)c(C)cc1S(=O)(=O)NCCCN1CCN(c2ccccc2)CC1. The van der Waals surface area contributed by atoms with E-state index in [9.17, 15) is 8.42 Å². The molecule has 1 heterocycles. The molecule has 0 bridgehead atoms. The van der Waals surface area contributed by atoms with Crippen molar-refractivity contribution in [1.29, 1.82) is 0 Å². The van der Waals surface area contributed by atoms with Crippen molar-refractivity contribution in [2.45, 2.75) is 25.2 Å². The van der Waals surface area contributed by atoms with Crippen LogP contribution >= 0.6 is 0 Å². The molecule has 0 atom stereocenters. The van der Waals surface area contributed by atoms with Crippen molar-refractivity contribution >= 4 is 15.7 Å². The van der Waals surface area contributed by atoms with E-state index in [1.165, 1.54) is 12.8 Å². The van der Waals surface area contributed by atoms with Gasteiger partial charge in [-0.05, 0) is 62.2 Å². The Labute approximate surface area is 174 Å². The molecule has 0 aromatic heterocycles. The third kappa shape index (κ3) is 5.50. The second-order valence-corrected chi connectivity index (χ2v) is 9.24. The van der Waals surface area contributed by atoms with Gasteiger partial charge in [-0.25, -0.2) is 13.1 Å². The molecule has 0 amide bonds. The maximum absolute atomic E-state index is 12.7. The summed E-state index contributed by atoms with van der Waals surface area (Å²) in [5.41, 5.74) is 3.21. The van der Waals surface area contributed by atoms with Crippen molar-refractivity contribution in [3.8, 4) is 5.75 Å². The fourth-order valence-corrected chi connectivity index (χ4v) is 4.90. The number of rotatable bonds is 8. The maximum atomic E-state index is 12.7. The maximum Gasteiger partial charge on any atom is 0.244 e. The number of benzene rings is 2. The minimum atomic E-state index is -3.59. The van der Waals surface area contributed by atoms with Crippen LogP contribution in [0.4, 0.5) is 5.69 Å². The van der Waals surface area contributed by atoms with Gasteiger partial charge in [0.1, 0.15) is 10.6 Å². The second kappa shape index (κ2) is 9.61. The van der Waals surface area contributed by atoms with Gasteiger partial charge in [0.15, 0.2) is 0 Å². The number of aryl methyl sites for hydroxylation is 2. The molecule has 0 spiro atoms. The molecule has 1 fully saturated rings. The van der Waals surface area contributed by atoms with Crippen LogP contribution in [0.2, 0.25) is 0 Å². The van der Waals surface area contributed by atoms with Crippen LogP contribution in [0.3, 0.4) is 0 Å². The number of hydrogen-bond donors (Lipinski definition) is 1.